The Balaban J connectivity index is 0.00000392. The molecule has 0 aromatic heterocycles. The van der Waals surface area contributed by atoms with Gasteiger partial charge >= 0.3 is 0 Å². The fraction of sp³-hybridized carbons (Fsp3) is 0.650. The van der Waals surface area contributed by atoms with Gasteiger partial charge in [-0.1, -0.05) is 23.7 Å². The normalized spacial score (nSPS) is 16.3. The van der Waals surface area contributed by atoms with Crippen LogP contribution in [0.4, 0.5) is 0 Å². The molecular weight excluding hydrogens is 491 g/mol. The van der Waals surface area contributed by atoms with E-state index in [1.54, 1.807) is 0 Å². The van der Waals surface area contributed by atoms with E-state index in [0.717, 1.165) is 70.0 Å². The number of rotatable bonds is 10. The van der Waals surface area contributed by atoms with Crippen LogP contribution in [0.1, 0.15) is 31.9 Å². The van der Waals surface area contributed by atoms with E-state index in [4.69, 9.17) is 26.1 Å². The molecule has 8 heteroatoms. The fourth-order valence-electron chi connectivity index (χ4n) is 3.08. The second-order valence-electron chi connectivity index (χ2n) is 6.42. The second kappa shape index (κ2) is 15.3. The van der Waals surface area contributed by atoms with Crippen LogP contribution < -0.4 is 10.6 Å². The average molecular weight is 525 g/mol. The third-order valence-electron chi connectivity index (χ3n) is 4.45. The van der Waals surface area contributed by atoms with Crippen molar-refractivity contribution in [2.24, 2.45) is 4.99 Å². The van der Waals surface area contributed by atoms with Crippen molar-refractivity contribution in [2.45, 2.75) is 26.3 Å². The van der Waals surface area contributed by atoms with Gasteiger partial charge in [-0.05, 0) is 38.0 Å². The summed E-state index contributed by atoms with van der Waals surface area (Å²) < 4.78 is 10.9. The molecule has 6 nitrogen and oxygen atoms in total. The highest BCUT2D eigenvalue weighted by molar-refractivity contribution is 14.0. The number of ether oxygens (including phenoxy) is 2. The Labute approximate surface area is 191 Å². The number of hydrogen-bond donors (Lipinski definition) is 2. The molecule has 28 heavy (non-hydrogen) atoms. The molecule has 160 valence electrons. The third-order valence-corrected chi connectivity index (χ3v) is 4.68. The van der Waals surface area contributed by atoms with E-state index in [1.165, 1.54) is 5.56 Å². The van der Waals surface area contributed by atoms with Gasteiger partial charge in [-0.25, -0.2) is 0 Å². The summed E-state index contributed by atoms with van der Waals surface area (Å²) in [5, 5.41) is 7.47. The molecule has 0 radical (unpaired) electrons. The highest BCUT2D eigenvalue weighted by Gasteiger charge is 2.22. The Kier molecular flexibility index (Phi) is 13.9. The topological polar surface area (TPSA) is 58.1 Å². The van der Waals surface area contributed by atoms with Gasteiger partial charge in [0.25, 0.3) is 0 Å². The maximum absolute atomic E-state index is 6.23. The van der Waals surface area contributed by atoms with Gasteiger partial charge in [-0.15, -0.1) is 24.0 Å². The maximum Gasteiger partial charge on any atom is 0.191 e. The van der Waals surface area contributed by atoms with Gasteiger partial charge < -0.3 is 20.1 Å². The van der Waals surface area contributed by atoms with Crippen LogP contribution in [0.15, 0.2) is 29.3 Å². The van der Waals surface area contributed by atoms with Crippen LogP contribution in [-0.2, 0) is 9.47 Å². The Morgan fingerprint density at radius 1 is 1.29 bits per heavy atom. The van der Waals surface area contributed by atoms with Gasteiger partial charge in [-0.2, -0.15) is 0 Å². The zero-order chi connectivity index (χ0) is 19.3. The zero-order valence-electron chi connectivity index (χ0n) is 17.0. The van der Waals surface area contributed by atoms with Gasteiger partial charge in [0.2, 0.25) is 0 Å². The molecule has 0 amide bonds. The molecule has 2 rings (SSSR count). The largest absolute Gasteiger partial charge is 0.382 e. The van der Waals surface area contributed by atoms with Crippen molar-refractivity contribution >= 4 is 41.5 Å². The molecule has 1 heterocycles. The van der Waals surface area contributed by atoms with Crippen molar-refractivity contribution in [3.63, 3.8) is 0 Å². The zero-order valence-corrected chi connectivity index (χ0v) is 20.0. The SMILES string of the molecule is CCNC(=NCC(c1cccc(Cl)c1)N1CCOCC1)NCCCOCC.I. The van der Waals surface area contributed by atoms with E-state index in [-0.39, 0.29) is 30.0 Å². The molecule has 0 saturated carbocycles. The minimum absolute atomic E-state index is 0. The average Bonchev–Trinajstić information content (AvgIpc) is 2.69. The van der Waals surface area contributed by atoms with E-state index in [0.29, 0.717) is 6.54 Å². The predicted octanol–water partition coefficient (Wildman–Crippen LogP) is 3.31. The summed E-state index contributed by atoms with van der Waals surface area (Å²) in [7, 11) is 0. The number of aliphatic imine (C=N–C) groups is 1. The molecule has 1 atom stereocenters. The number of hydrogen-bond acceptors (Lipinski definition) is 4. The van der Waals surface area contributed by atoms with Crippen molar-refractivity contribution in [2.75, 3.05) is 59.2 Å². The molecule has 1 aromatic carbocycles. The highest BCUT2D eigenvalue weighted by atomic mass is 127. The van der Waals surface area contributed by atoms with Crippen molar-refractivity contribution in [3.05, 3.63) is 34.9 Å². The van der Waals surface area contributed by atoms with Crippen molar-refractivity contribution < 1.29 is 9.47 Å². The number of benzene rings is 1. The molecule has 0 aliphatic carbocycles. The van der Waals surface area contributed by atoms with Crippen LogP contribution in [-0.4, -0.2) is 70.0 Å². The standard InChI is InChI=1S/C20H33ClN4O2.HI/c1-3-22-20(23-9-6-12-26-4-2)24-16-19(25-10-13-27-14-11-25)17-7-5-8-18(21)15-17;/h5,7-8,15,19H,3-4,6,9-14,16H2,1-2H3,(H2,22,23,24);1H. The summed E-state index contributed by atoms with van der Waals surface area (Å²) in [4.78, 5) is 7.27. The molecule has 1 aliphatic rings. The lowest BCUT2D eigenvalue weighted by Gasteiger charge is -2.34. The second-order valence-corrected chi connectivity index (χ2v) is 6.85. The summed E-state index contributed by atoms with van der Waals surface area (Å²) in [5.41, 5.74) is 1.19. The highest BCUT2D eigenvalue weighted by Crippen LogP contribution is 2.24. The Morgan fingerprint density at radius 3 is 2.75 bits per heavy atom. The molecular formula is C20H34ClIN4O2. The number of guanidine groups is 1. The number of morpholine rings is 1. The van der Waals surface area contributed by atoms with E-state index >= 15 is 0 Å². The summed E-state index contributed by atoms with van der Waals surface area (Å²) in [5.74, 6) is 0.842. The lowest BCUT2D eigenvalue weighted by atomic mass is 10.0. The molecule has 0 bridgehead atoms. The first kappa shape index (κ1) is 25.4. The van der Waals surface area contributed by atoms with Crippen LogP contribution in [0.5, 0.6) is 0 Å². The van der Waals surface area contributed by atoms with Crippen LogP contribution >= 0.6 is 35.6 Å². The Hall–Kier alpha value is -0.610. The van der Waals surface area contributed by atoms with E-state index in [9.17, 15) is 0 Å². The fourth-order valence-corrected chi connectivity index (χ4v) is 3.28. The smallest absolute Gasteiger partial charge is 0.191 e. The monoisotopic (exact) mass is 524 g/mol. The molecule has 1 unspecified atom stereocenters. The summed E-state index contributed by atoms with van der Waals surface area (Å²) in [6.07, 6.45) is 0.958. The molecule has 2 N–H and O–H groups in total. The first-order chi connectivity index (χ1) is 13.2. The van der Waals surface area contributed by atoms with Crippen molar-refractivity contribution in [1.29, 1.82) is 0 Å². The lowest BCUT2D eigenvalue weighted by molar-refractivity contribution is 0.0180. The molecule has 0 spiro atoms. The van der Waals surface area contributed by atoms with E-state index in [2.05, 4.69) is 28.5 Å². The Morgan fingerprint density at radius 2 is 2.07 bits per heavy atom. The van der Waals surface area contributed by atoms with Crippen molar-refractivity contribution in [1.82, 2.24) is 15.5 Å². The molecule has 1 fully saturated rings. The van der Waals surface area contributed by atoms with Gasteiger partial charge in [-0.3, -0.25) is 9.89 Å². The number of halogens is 2. The number of nitrogens with one attached hydrogen (secondary N) is 2. The molecule has 1 aliphatic heterocycles. The quantitative estimate of drug-likeness (QED) is 0.213. The van der Waals surface area contributed by atoms with Crippen LogP contribution in [0.3, 0.4) is 0 Å². The first-order valence-electron chi connectivity index (χ1n) is 9.91. The number of nitrogens with zero attached hydrogens (tertiary/aromatic N) is 2. The maximum atomic E-state index is 6.23. The lowest BCUT2D eigenvalue weighted by Crippen LogP contribution is -2.42. The summed E-state index contributed by atoms with van der Waals surface area (Å²) in [6, 6.07) is 8.27. The van der Waals surface area contributed by atoms with E-state index in [1.807, 2.05) is 25.1 Å². The summed E-state index contributed by atoms with van der Waals surface area (Å²) >= 11 is 6.23. The van der Waals surface area contributed by atoms with Gasteiger partial charge in [0.05, 0.1) is 25.8 Å². The third kappa shape index (κ3) is 9.26. The minimum atomic E-state index is 0. The first-order valence-corrected chi connectivity index (χ1v) is 10.3. The van der Waals surface area contributed by atoms with Crippen LogP contribution in [0.2, 0.25) is 5.02 Å². The van der Waals surface area contributed by atoms with Crippen LogP contribution in [0.25, 0.3) is 0 Å². The minimum Gasteiger partial charge on any atom is -0.382 e. The van der Waals surface area contributed by atoms with E-state index < -0.39 is 0 Å². The van der Waals surface area contributed by atoms with Crippen LogP contribution in [0, 0.1) is 0 Å². The van der Waals surface area contributed by atoms with Gasteiger partial charge in [0.1, 0.15) is 0 Å². The Bertz CT molecular complexity index is 571. The molecule has 1 aromatic rings. The van der Waals surface area contributed by atoms with Gasteiger partial charge in [0.15, 0.2) is 5.96 Å². The predicted molar refractivity (Wildman–Crippen MR) is 127 cm³/mol. The van der Waals surface area contributed by atoms with Gasteiger partial charge in [0, 0.05) is 44.4 Å². The summed E-state index contributed by atoms with van der Waals surface area (Å²) in [6.45, 7) is 11.3. The molecule has 1 saturated heterocycles. The van der Waals surface area contributed by atoms with Crippen molar-refractivity contribution in [3.8, 4) is 0 Å².